The van der Waals surface area contributed by atoms with Crippen LogP contribution < -0.4 is 10.2 Å². The maximum absolute atomic E-state index is 11.2. The van der Waals surface area contributed by atoms with Crippen LogP contribution in [-0.2, 0) is 4.79 Å². The highest BCUT2D eigenvalue weighted by atomic mass is 16.3. The summed E-state index contributed by atoms with van der Waals surface area (Å²) < 4.78 is 0. The Morgan fingerprint density at radius 3 is 2.94 bits per heavy atom. The summed E-state index contributed by atoms with van der Waals surface area (Å²) in [5.74, 6) is 0.706. The highest BCUT2D eigenvalue weighted by molar-refractivity contribution is 5.76. The molecule has 0 bridgehead atoms. The summed E-state index contributed by atoms with van der Waals surface area (Å²) in [5, 5.41) is 12.2. The predicted octanol–water partition coefficient (Wildman–Crippen LogP) is 0.707. The average molecular weight is 237 g/mol. The lowest BCUT2D eigenvalue weighted by Crippen LogP contribution is -2.27. The standard InChI is InChI=1S/C12H19N3O2/c1-9(16)10-5-4-7-14-12(10)15(3)8-6-11(17)13-2/h4-5,7,9,16H,6,8H2,1-3H3,(H,13,17). The van der Waals surface area contributed by atoms with Gasteiger partial charge < -0.3 is 15.3 Å². The maximum Gasteiger partial charge on any atom is 0.221 e. The van der Waals surface area contributed by atoms with E-state index in [1.165, 1.54) is 0 Å². The van der Waals surface area contributed by atoms with Crippen molar-refractivity contribution >= 4 is 11.7 Å². The quantitative estimate of drug-likeness (QED) is 0.791. The van der Waals surface area contributed by atoms with E-state index in [2.05, 4.69) is 10.3 Å². The third-order valence-electron chi connectivity index (χ3n) is 2.58. The fourth-order valence-electron chi connectivity index (χ4n) is 1.55. The molecule has 0 fully saturated rings. The maximum atomic E-state index is 11.2. The number of aliphatic hydroxyl groups excluding tert-OH is 1. The molecule has 0 aliphatic carbocycles. The van der Waals surface area contributed by atoms with Crippen molar-refractivity contribution in [1.29, 1.82) is 0 Å². The molecule has 94 valence electrons. The van der Waals surface area contributed by atoms with Gasteiger partial charge in [0.2, 0.25) is 5.91 Å². The minimum absolute atomic E-state index is 0.00798. The van der Waals surface area contributed by atoms with Gasteiger partial charge in [-0.15, -0.1) is 0 Å². The second kappa shape index (κ2) is 6.20. The van der Waals surface area contributed by atoms with E-state index >= 15 is 0 Å². The summed E-state index contributed by atoms with van der Waals surface area (Å²) in [5.41, 5.74) is 0.770. The molecule has 17 heavy (non-hydrogen) atoms. The third-order valence-corrected chi connectivity index (χ3v) is 2.58. The summed E-state index contributed by atoms with van der Waals surface area (Å²) >= 11 is 0. The number of hydrogen-bond acceptors (Lipinski definition) is 4. The molecule has 1 rings (SSSR count). The van der Waals surface area contributed by atoms with Gasteiger partial charge in [0.05, 0.1) is 6.10 Å². The number of amides is 1. The van der Waals surface area contributed by atoms with Gasteiger partial charge in [-0.2, -0.15) is 0 Å². The number of aliphatic hydroxyl groups is 1. The van der Waals surface area contributed by atoms with E-state index in [1.807, 2.05) is 18.0 Å². The highest BCUT2D eigenvalue weighted by Gasteiger charge is 2.13. The van der Waals surface area contributed by atoms with Crippen LogP contribution in [0.4, 0.5) is 5.82 Å². The molecule has 1 amide bonds. The van der Waals surface area contributed by atoms with Crippen LogP contribution >= 0.6 is 0 Å². The molecule has 1 heterocycles. The minimum Gasteiger partial charge on any atom is -0.389 e. The molecule has 0 spiro atoms. The van der Waals surface area contributed by atoms with Crippen LogP contribution in [0.2, 0.25) is 0 Å². The van der Waals surface area contributed by atoms with E-state index < -0.39 is 6.10 Å². The minimum atomic E-state index is -0.568. The Morgan fingerprint density at radius 1 is 1.65 bits per heavy atom. The van der Waals surface area contributed by atoms with Gasteiger partial charge in [-0.1, -0.05) is 6.07 Å². The Kier molecular flexibility index (Phi) is 4.90. The molecule has 1 unspecified atom stereocenters. The summed E-state index contributed by atoms with van der Waals surface area (Å²) in [7, 11) is 3.47. The van der Waals surface area contributed by atoms with Crippen LogP contribution in [0, 0.1) is 0 Å². The SMILES string of the molecule is CNC(=O)CCN(C)c1ncccc1C(C)O. The first kappa shape index (κ1) is 13.4. The van der Waals surface area contributed by atoms with Gasteiger partial charge in [-0.05, 0) is 13.0 Å². The zero-order valence-electron chi connectivity index (χ0n) is 10.5. The Labute approximate surface area is 101 Å². The molecular weight excluding hydrogens is 218 g/mol. The van der Waals surface area contributed by atoms with E-state index in [0.717, 1.165) is 5.56 Å². The van der Waals surface area contributed by atoms with Crippen LogP contribution in [0.15, 0.2) is 18.3 Å². The number of carbonyl (C=O) groups excluding carboxylic acids is 1. The molecule has 0 aliphatic heterocycles. The Hall–Kier alpha value is -1.62. The molecule has 0 aromatic carbocycles. The molecule has 5 nitrogen and oxygen atoms in total. The third kappa shape index (κ3) is 3.71. The first-order valence-electron chi connectivity index (χ1n) is 5.61. The fourth-order valence-corrected chi connectivity index (χ4v) is 1.55. The van der Waals surface area contributed by atoms with Crippen LogP contribution in [-0.4, -0.2) is 36.6 Å². The lowest BCUT2D eigenvalue weighted by Gasteiger charge is -2.21. The second-order valence-corrected chi connectivity index (χ2v) is 3.94. The normalized spacial score (nSPS) is 12.0. The van der Waals surface area contributed by atoms with E-state index in [0.29, 0.717) is 18.8 Å². The van der Waals surface area contributed by atoms with E-state index in [1.54, 1.807) is 26.2 Å². The fraction of sp³-hybridized carbons (Fsp3) is 0.500. The van der Waals surface area contributed by atoms with Crippen molar-refractivity contribution in [3.05, 3.63) is 23.9 Å². The van der Waals surface area contributed by atoms with Gasteiger partial charge in [0.25, 0.3) is 0 Å². The van der Waals surface area contributed by atoms with Gasteiger partial charge in [-0.3, -0.25) is 4.79 Å². The number of rotatable bonds is 5. The predicted molar refractivity (Wildman–Crippen MR) is 66.8 cm³/mol. The van der Waals surface area contributed by atoms with Gasteiger partial charge >= 0.3 is 0 Å². The van der Waals surface area contributed by atoms with Crippen molar-refractivity contribution < 1.29 is 9.90 Å². The van der Waals surface area contributed by atoms with Crippen molar-refractivity contribution in [2.75, 3.05) is 25.5 Å². The Bertz CT molecular complexity index is 380. The van der Waals surface area contributed by atoms with Crippen LogP contribution in [0.1, 0.15) is 25.0 Å². The van der Waals surface area contributed by atoms with E-state index in [9.17, 15) is 9.90 Å². The number of nitrogens with one attached hydrogen (secondary N) is 1. The largest absolute Gasteiger partial charge is 0.389 e. The summed E-state index contributed by atoms with van der Waals surface area (Å²) in [6.45, 7) is 2.27. The van der Waals surface area contributed by atoms with Crippen LogP contribution in [0.25, 0.3) is 0 Å². The number of aromatic nitrogens is 1. The summed E-state index contributed by atoms with van der Waals surface area (Å²) in [6.07, 6.45) is 1.52. The molecule has 1 atom stereocenters. The second-order valence-electron chi connectivity index (χ2n) is 3.94. The number of hydrogen-bond donors (Lipinski definition) is 2. The zero-order valence-corrected chi connectivity index (χ0v) is 10.5. The Morgan fingerprint density at radius 2 is 2.35 bits per heavy atom. The summed E-state index contributed by atoms with van der Waals surface area (Å²) in [6, 6.07) is 3.63. The summed E-state index contributed by atoms with van der Waals surface area (Å²) in [4.78, 5) is 17.3. The topological polar surface area (TPSA) is 65.5 Å². The molecule has 0 radical (unpaired) electrons. The molecule has 0 saturated carbocycles. The lowest BCUT2D eigenvalue weighted by molar-refractivity contribution is -0.120. The van der Waals surface area contributed by atoms with Gasteiger partial charge in [0.1, 0.15) is 5.82 Å². The molecule has 1 aromatic heterocycles. The van der Waals surface area contributed by atoms with Crippen molar-refractivity contribution in [2.24, 2.45) is 0 Å². The number of pyridine rings is 1. The molecular formula is C12H19N3O2. The van der Waals surface area contributed by atoms with Gasteiger partial charge in [0, 0.05) is 38.8 Å². The van der Waals surface area contributed by atoms with Crippen molar-refractivity contribution in [2.45, 2.75) is 19.4 Å². The smallest absolute Gasteiger partial charge is 0.221 e. The lowest BCUT2D eigenvalue weighted by atomic mass is 10.1. The van der Waals surface area contributed by atoms with Crippen molar-refractivity contribution in [1.82, 2.24) is 10.3 Å². The molecule has 1 aromatic rings. The first-order valence-corrected chi connectivity index (χ1v) is 5.61. The average Bonchev–Trinajstić information content (AvgIpc) is 2.35. The van der Waals surface area contributed by atoms with Crippen LogP contribution in [0.5, 0.6) is 0 Å². The molecule has 0 saturated heterocycles. The first-order chi connectivity index (χ1) is 8.06. The van der Waals surface area contributed by atoms with Gasteiger partial charge in [-0.25, -0.2) is 4.98 Å². The highest BCUT2D eigenvalue weighted by Crippen LogP contribution is 2.22. The Balaban J connectivity index is 2.74. The van der Waals surface area contributed by atoms with Crippen molar-refractivity contribution in [3.63, 3.8) is 0 Å². The van der Waals surface area contributed by atoms with Gasteiger partial charge in [0.15, 0.2) is 0 Å². The molecule has 2 N–H and O–H groups in total. The number of carbonyl (C=O) groups is 1. The molecule has 0 aliphatic rings. The zero-order chi connectivity index (χ0) is 12.8. The number of anilines is 1. The van der Waals surface area contributed by atoms with E-state index in [4.69, 9.17) is 0 Å². The van der Waals surface area contributed by atoms with Crippen LogP contribution in [0.3, 0.4) is 0 Å². The monoisotopic (exact) mass is 237 g/mol. The number of nitrogens with zero attached hydrogens (tertiary/aromatic N) is 2. The van der Waals surface area contributed by atoms with E-state index in [-0.39, 0.29) is 5.91 Å². The van der Waals surface area contributed by atoms with Crippen molar-refractivity contribution in [3.8, 4) is 0 Å². The molecule has 5 heteroatoms.